The predicted octanol–water partition coefficient (Wildman–Crippen LogP) is 1.74. The molecule has 2 heterocycles. The molecule has 5 heteroatoms. The molecule has 94 valence electrons. The summed E-state index contributed by atoms with van der Waals surface area (Å²) < 4.78 is 18.9. The van der Waals surface area contributed by atoms with E-state index >= 15 is 0 Å². The SMILES string of the molecule is CCNc1cc(OC[C@H]2CCN2C)cnc1F. The van der Waals surface area contributed by atoms with E-state index in [9.17, 15) is 4.39 Å². The Morgan fingerprint density at radius 3 is 3.06 bits per heavy atom. The third-order valence-electron chi connectivity index (χ3n) is 3.06. The maximum Gasteiger partial charge on any atom is 0.236 e. The van der Waals surface area contributed by atoms with Gasteiger partial charge in [-0.15, -0.1) is 0 Å². The van der Waals surface area contributed by atoms with Crippen molar-refractivity contribution >= 4 is 5.69 Å². The molecule has 1 N–H and O–H groups in total. The van der Waals surface area contributed by atoms with Gasteiger partial charge < -0.3 is 10.1 Å². The first kappa shape index (κ1) is 12.1. The van der Waals surface area contributed by atoms with E-state index in [-0.39, 0.29) is 0 Å². The van der Waals surface area contributed by atoms with Crippen LogP contribution >= 0.6 is 0 Å². The lowest BCUT2D eigenvalue weighted by Gasteiger charge is -2.37. The van der Waals surface area contributed by atoms with Crippen molar-refractivity contribution in [3.05, 3.63) is 18.2 Å². The molecule has 1 aromatic heterocycles. The largest absolute Gasteiger partial charge is 0.490 e. The molecule has 4 nitrogen and oxygen atoms in total. The highest BCUT2D eigenvalue weighted by atomic mass is 19.1. The van der Waals surface area contributed by atoms with Crippen LogP contribution in [0.25, 0.3) is 0 Å². The number of halogens is 1. The van der Waals surface area contributed by atoms with Gasteiger partial charge in [-0.1, -0.05) is 0 Å². The summed E-state index contributed by atoms with van der Waals surface area (Å²) in [7, 11) is 2.07. The minimum Gasteiger partial charge on any atom is -0.490 e. The fraction of sp³-hybridized carbons (Fsp3) is 0.583. The molecule has 17 heavy (non-hydrogen) atoms. The summed E-state index contributed by atoms with van der Waals surface area (Å²) in [6, 6.07) is 2.13. The van der Waals surface area contributed by atoms with Crippen molar-refractivity contribution in [3.63, 3.8) is 0 Å². The van der Waals surface area contributed by atoms with Crippen LogP contribution < -0.4 is 10.1 Å². The Labute approximate surface area is 101 Å². The maximum atomic E-state index is 13.3. The number of rotatable bonds is 5. The Hall–Kier alpha value is -1.36. The summed E-state index contributed by atoms with van der Waals surface area (Å²) >= 11 is 0. The number of likely N-dealkylation sites (tertiary alicyclic amines) is 1. The molecule has 1 aromatic rings. The summed E-state index contributed by atoms with van der Waals surface area (Å²) in [6.07, 6.45) is 2.58. The molecule has 1 saturated heterocycles. The quantitative estimate of drug-likeness (QED) is 0.794. The fourth-order valence-corrected chi connectivity index (χ4v) is 1.80. The van der Waals surface area contributed by atoms with Gasteiger partial charge in [0, 0.05) is 18.7 Å². The highest BCUT2D eigenvalue weighted by Gasteiger charge is 2.24. The molecule has 1 aliphatic heterocycles. The summed E-state index contributed by atoms with van der Waals surface area (Å²) in [6.45, 7) is 4.33. The molecule has 2 rings (SSSR count). The van der Waals surface area contributed by atoms with Gasteiger partial charge in [-0.2, -0.15) is 4.39 Å². The molecule has 1 aliphatic rings. The molecule has 0 amide bonds. The molecule has 0 spiro atoms. The van der Waals surface area contributed by atoms with Crippen molar-refractivity contribution in [2.24, 2.45) is 0 Å². The minimum absolute atomic E-state index is 0.395. The van der Waals surface area contributed by atoms with Gasteiger partial charge in [-0.25, -0.2) is 4.98 Å². The second-order valence-corrected chi connectivity index (χ2v) is 4.27. The lowest BCUT2D eigenvalue weighted by Crippen LogP contribution is -2.48. The molecular formula is C12H18FN3O. The van der Waals surface area contributed by atoms with Gasteiger partial charge in [0.25, 0.3) is 0 Å². The van der Waals surface area contributed by atoms with Crippen molar-refractivity contribution in [2.45, 2.75) is 19.4 Å². The van der Waals surface area contributed by atoms with Gasteiger partial charge in [0.15, 0.2) is 0 Å². The molecule has 0 aliphatic carbocycles. The molecule has 1 atom stereocenters. The Morgan fingerprint density at radius 2 is 2.47 bits per heavy atom. The highest BCUT2D eigenvalue weighted by molar-refractivity contribution is 5.46. The summed E-state index contributed by atoms with van der Waals surface area (Å²) in [5.74, 6) is 0.127. The molecule has 0 unspecified atom stereocenters. The zero-order valence-corrected chi connectivity index (χ0v) is 10.2. The Balaban J connectivity index is 1.93. The van der Waals surface area contributed by atoms with Crippen molar-refractivity contribution in [1.82, 2.24) is 9.88 Å². The average molecular weight is 239 g/mol. The van der Waals surface area contributed by atoms with Crippen LogP contribution in [0, 0.1) is 5.95 Å². The minimum atomic E-state index is -0.486. The lowest BCUT2D eigenvalue weighted by atomic mass is 10.1. The van der Waals surface area contributed by atoms with E-state index in [1.54, 1.807) is 6.07 Å². The predicted molar refractivity (Wildman–Crippen MR) is 64.9 cm³/mol. The zero-order valence-electron chi connectivity index (χ0n) is 10.2. The van der Waals surface area contributed by atoms with Crippen molar-refractivity contribution in [1.29, 1.82) is 0 Å². The number of anilines is 1. The third-order valence-corrected chi connectivity index (χ3v) is 3.06. The van der Waals surface area contributed by atoms with E-state index in [2.05, 4.69) is 22.2 Å². The number of aromatic nitrogens is 1. The van der Waals surface area contributed by atoms with Crippen LogP contribution in [0.5, 0.6) is 5.75 Å². The first-order chi connectivity index (χ1) is 8.20. The average Bonchev–Trinajstić information content (AvgIpc) is 2.32. The van der Waals surface area contributed by atoms with Crippen LogP contribution in [0.1, 0.15) is 13.3 Å². The Kier molecular flexibility index (Phi) is 3.78. The van der Waals surface area contributed by atoms with E-state index in [0.717, 1.165) is 13.0 Å². The van der Waals surface area contributed by atoms with Crippen LogP contribution in [0.2, 0.25) is 0 Å². The zero-order chi connectivity index (χ0) is 12.3. The van der Waals surface area contributed by atoms with E-state index < -0.39 is 5.95 Å². The maximum absolute atomic E-state index is 13.3. The molecular weight excluding hydrogens is 221 g/mol. The molecule has 0 radical (unpaired) electrons. The second-order valence-electron chi connectivity index (χ2n) is 4.27. The van der Waals surface area contributed by atoms with Gasteiger partial charge in [-0.05, 0) is 26.9 Å². The first-order valence-corrected chi connectivity index (χ1v) is 5.93. The number of nitrogens with zero attached hydrogens (tertiary/aromatic N) is 2. The molecule has 0 bridgehead atoms. The molecule has 0 saturated carbocycles. The number of ether oxygens (including phenoxy) is 1. The summed E-state index contributed by atoms with van der Waals surface area (Å²) in [4.78, 5) is 5.91. The first-order valence-electron chi connectivity index (χ1n) is 5.93. The van der Waals surface area contributed by atoms with Gasteiger partial charge in [0.05, 0.1) is 11.9 Å². The smallest absolute Gasteiger partial charge is 0.236 e. The molecule has 0 aromatic carbocycles. The third kappa shape index (κ3) is 2.85. The van der Waals surface area contributed by atoms with Crippen LogP contribution in [-0.2, 0) is 0 Å². The second kappa shape index (κ2) is 5.31. The Morgan fingerprint density at radius 1 is 1.65 bits per heavy atom. The topological polar surface area (TPSA) is 37.4 Å². The summed E-state index contributed by atoms with van der Waals surface area (Å²) in [5.41, 5.74) is 0.395. The van der Waals surface area contributed by atoms with E-state index in [1.165, 1.54) is 6.20 Å². The van der Waals surface area contributed by atoms with E-state index in [0.29, 0.717) is 30.6 Å². The standard InChI is InChI=1S/C12H18FN3O/c1-3-14-11-6-10(7-15-12(11)13)17-8-9-4-5-16(9)2/h6-7,9,14H,3-5,8H2,1-2H3/t9-/m1/s1. The van der Waals surface area contributed by atoms with Gasteiger partial charge in [0.2, 0.25) is 5.95 Å². The van der Waals surface area contributed by atoms with Crippen LogP contribution in [-0.4, -0.2) is 42.7 Å². The Bertz CT molecular complexity index is 386. The van der Waals surface area contributed by atoms with E-state index in [4.69, 9.17) is 4.74 Å². The number of nitrogens with one attached hydrogen (secondary N) is 1. The molecule has 1 fully saturated rings. The van der Waals surface area contributed by atoms with Crippen molar-refractivity contribution < 1.29 is 9.13 Å². The van der Waals surface area contributed by atoms with Crippen LogP contribution in [0.4, 0.5) is 10.1 Å². The van der Waals surface area contributed by atoms with Crippen molar-refractivity contribution in [3.8, 4) is 5.75 Å². The van der Waals surface area contributed by atoms with Gasteiger partial charge >= 0.3 is 0 Å². The van der Waals surface area contributed by atoms with Crippen molar-refractivity contribution in [2.75, 3.05) is 32.1 Å². The van der Waals surface area contributed by atoms with Crippen LogP contribution in [0.15, 0.2) is 12.3 Å². The fourth-order valence-electron chi connectivity index (χ4n) is 1.80. The van der Waals surface area contributed by atoms with Gasteiger partial charge in [0.1, 0.15) is 12.4 Å². The number of hydrogen-bond acceptors (Lipinski definition) is 4. The monoisotopic (exact) mass is 239 g/mol. The number of pyridine rings is 1. The highest BCUT2D eigenvalue weighted by Crippen LogP contribution is 2.21. The summed E-state index contributed by atoms with van der Waals surface area (Å²) in [5, 5.41) is 2.91. The van der Waals surface area contributed by atoms with Gasteiger partial charge in [-0.3, -0.25) is 4.90 Å². The normalized spacial score (nSPS) is 19.8. The number of likely N-dealkylation sites (N-methyl/N-ethyl adjacent to an activating group) is 1. The number of hydrogen-bond donors (Lipinski definition) is 1. The van der Waals surface area contributed by atoms with Crippen LogP contribution in [0.3, 0.4) is 0 Å². The lowest BCUT2D eigenvalue weighted by molar-refractivity contribution is 0.0767. The van der Waals surface area contributed by atoms with E-state index in [1.807, 2.05) is 6.92 Å².